The summed E-state index contributed by atoms with van der Waals surface area (Å²) in [6, 6.07) is 0. The molecular weight excluding hydrogens is 322 g/mol. The van der Waals surface area contributed by atoms with Gasteiger partial charge in [-0.25, -0.2) is 21.6 Å². The van der Waals surface area contributed by atoms with Crippen molar-refractivity contribution < 1.29 is 16.8 Å². The summed E-state index contributed by atoms with van der Waals surface area (Å²) in [5, 5.41) is -0.417. The zero-order chi connectivity index (χ0) is 14.8. The number of nitrogens with one attached hydrogen (secondary N) is 1. The number of sulfonamides is 1. The van der Waals surface area contributed by atoms with Crippen LogP contribution in [0.15, 0.2) is 0 Å². The van der Waals surface area contributed by atoms with Gasteiger partial charge in [-0.3, -0.25) is 0 Å². The largest absolute Gasteiger partial charge is 0.229 e. The summed E-state index contributed by atoms with van der Waals surface area (Å²) < 4.78 is 49.7. The highest BCUT2D eigenvalue weighted by Crippen LogP contribution is 2.27. The van der Waals surface area contributed by atoms with E-state index in [1.807, 2.05) is 0 Å². The van der Waals surface area contributed by atoms with E-state index < -0.39 is 25.1 Å². The molecule has 1 saturated heterocycles. The molecule has 20 heavy (non-hydrogen) atoms. The highest BCUT2D eigenvalue weighted by molar-refractivity contribution is 7.92. The molecule has 0 aromatic heterocycles. The Morgan fingerprint density at radius 3 is 2.35 bits per heavy atom. The van der Waals surface area contributed by atoms with Crippen molar-refractivity contribution >= 4 is 31.5 Å². The second-order valence-corrected chi connectivity index (χ2v) is 10.8. The van der Waals surface area contributed by atoms with Gasteiger partial charge < -0.3 is 0 Å². The SMILES string of the molecule is O=S1(=O)CCC(S(=O)(=O)NCC2CCCC(Cl)C2)CC1. The van der Waals surface area contributed by atoms with Gasteiger partial charge in [-0.2, -0.15) is 0 Å². The summed E-state index contributed by atoms with van der Waals surface area (Å²) >= 11 is 6.10. The second kappa shape index (κ2) is 6.50. The van der Waals surface area contributed by atoms with Crippen LogP contribution in [0.4, 0.5) is 0 Å². The van der Waals surface area contributed by atoms with E-state index in [4.69, 9.17) is 11.6 Å². The van der Waals surface area contributed by atoms with Gasteiger partial charge in [-0.05, 0) is 38.0 Å². The first-order valence-electron chi connectivity index (χ1n) is 7.11. The van der Waals surface area contributed by atoms with Crippen molar-refractivity contribution in [3.05, 3.63) is 0 Å². The van der Waals surface area contributed by atoms with E-state index in [-0.39, 0.29) is 29.7 Å². The molecule has 2 aliphatic rings. The molecule has 2 atom stereocenters. The van der Waals surface area contributed by atoms with Crippen LogP contribution in [0.25, 0.3) is 0 Å². The van der Waals surface area contributed by atoms with Crippen LogP contribution in [-0.2, 0) is 19.9 Å². The van der Waals surface area contributed by atoms with E-state index >= 15 is 0 Å². The summed E-state index contributed by atoms with van der Waals surface area (Å²) in [5.74, 6) is 0.255. The van der Waals surface area contributed by atoms with E-state index in [0.29, 0.717) is 12.5 Å². The average molecular weight is 344 g/mol. The van der Waals surface area contributed by atoms with Crippen LogP contribution in [0.3, 0.4) is 0 Å². The minimum atomic E-state index is -3.41. The maximum absolute atomic E-state index is 12.2. The molecule has 5 nitrogen and oxygen atoms in total. The molecule has 2 rings (SSSR count). The lowest BCUT2D eigenvalue weighted by Gasteiger charge is -2.27. The Morgan fingerprint density at radius 2 is 1.75 bits per heavy atom. The van der Waals surface area contributed by atoms with Crippen molar-refractivity contribution in [2.75, 3.05) is 18.1 Å². The van der Waals surface area contributed by atoms with E-state index in [0.717, 1.165) is 25.7 Å². The van der Waals surface area contributed by atoms with Crippen molar-refractivity contribution in [3.63, 3.8) is 0 Å². The maximum atomic E-state index is 12.2. The number of alkyl halides is 1. The highest BCUT2D eigenvalue weighted by atomic mass is 35.5. The minimum absolute atomic E-state index is 0.0221. The van der Waals surface area contributed by atoms with Crippen LogP contribution in [0.1, 0.15) is 38.5 Å². The molecule has 0 aromatic carbocycles. The predicted octanol–water partition coefficient (Wildman–Crippen LogP) is 1.28. The molecule has 0 bridgehead atoms. The predicted molar refractivity (Wildman–Crippen MR) is 80.2 cm³/mol. The van der Waals surface area contributed by atoms with Gasteiger partial charge >= 0.3 is 0 Å². The van der Waals surface area contributed by atoms with Gasteiger partial charge in [0.1, 0.15) is 9.84 Å². The Kier molecular flexibility index (Phi) is 5.37. The van der Waals surface area contributed by atoms with E-state index in [1.165, 1.54) is 0 Å². The molecule has 1 saturated carbocycles. The molecule has 0 radical (unpaired) electrons. The number of rotatable bonds is 4. The molecule has 0 amide bonds. The number of hydrogen-bond donors (Lipinski definition) is 1. The maximum Gasteiger partial charge on any atom is 0.214 e. The monoisotopic (exact) mass is 343 g/mol. The molecule has 0 aromatic rings. The number of halogens is 1. The molecule has 2 unspecified atom stereocenters. The minimum Gasteiger partial charge on any atom is -0.229 e. The van der Waals surface area contributed by atoms with E-state index in [2.05, 4.69) is 4.72 Å². The van der Waals surface area contributed by atoms with E-state index in [9.17, 15) is 16.8 Å². The van der Waals surface area contributed by atoms with Gasteiger partial charge in [-0.1, -0.05) is 6.42 Å². The first kappa shape index (κ1) is 16.5. The summed E-state index contributed by atoms with van der Waals surface area (Å²) in [6.45, 7) is 0.425. The van der Waals surface area contributed by atoms with Crippen LogP contribution in [0.2, 0.25) is 0 Å². The lowest BCUT2D eigenvalue weighted by atomic mass is 9.89. The van der Waals surface area contributed by atoms with Crippen LogP contribution >= 0.6 is 11.6 Å². The standard InChI is InChI=1S/C12H22ClNO4S2/c13-11-3-1-2-10(8-11)9-14-20(17,18)12-4-6-19(15,16)7-5-12/h10-12,14H,1-9H2. The zero-order valence-corrected chi connectivity index (χ0v) is 13.8. The van der Waals surface area contributed by atoms with Crippen molar-refractivity contribution in [3.8, 4) is 0 Å². The molecular formula is C12H22ClNO4S2. The van der Waals surface area contributed by atoms with Crippen LogP contribution < -0.4 is 4.72 Å². The normalized spacial score (nSPS) is 32.0. The topological polar surface area (TPSA) is 80.3 Å². The first-order valence-corrected chi connectivity index (χ1v) is 10.9. The highest BCUT2D eigenvalue weighted by Gasteiger charge is 2.33. The molecule has 1 aliphatic heterocycles. The Hall–Kier alpha value is 0.150. The van der Waals surface area contributed by atoms with Crippen molar-refractivity contribution in [1.82, 2.24) is 4.72 Å². The summed E-state index contributed by atoms with van der Waals surface area (Å²) in [7, 11) is -6.44. The van der Waals surface area contributed by atoms with Crippen molar-refractivity contribution in [2.24, 2.45) is 5.92 Å². The van der Waals surface area contributed by atoms with Gasteiger partial charge in [0.15, 0.2) is 0 Å². The van der Waals surface area contributed by atoms with Gasteiger partial charge in [-0.15, -0.1) is 11.6 Å². The fraction of sp³-hybridized carbons (Fsp3) is 1.00. The van der Waals surface area contributed by atoms with Gasteiger partial charge in [0.25, 0.3) is 0 Å². The van der Waals surface area contributed by atoms with Crippen molar-refractivity contribution in [1.29, 1.82) is 0 Å². The third kappa shape index (κ3) is 4.58. The Bertz CT molecular complexity index is 518. The van der Waals surface area contributed by atoms with Gasteiger partial charge in [0, 0.05) is 11.9 Å². The summed E-state index contributed by atoms with van der Waals surface area (Å²) in [5.41, 5.74) is 0. The quantitative estimate of drug-likeness (QED) is 0.780. The third-order valence-electron chi connectivity index (χ3n) is 4.23. The number of hydrogen-bond acceptors (Lipinski definition) is 4. The molecule has 0 spiro atoms. The molecule has 1 aliphatic carbocycles. The first-order chi connectivity index (χ1) is 9.28. The second-order valence-electron chi connectivity index (χ2n) is 5.87. The average Bonchev–Trinajstić information content (AvgIpc) is 2.36. The molecule has 1 heterocycles. The molecule has 8 heteroatoms. The Balaban J connectivity index is 1.85. The zero-order valence-electron chi connectivity index (χ0n) is 11.4. The smallest absolute Gasteiger partial charge is 0.214 e. The Labute approximate surface area is 126 Å². The lowest BCUT2D eigenvalue weighted by molar-refractivity contribution is 0.361. The van der Waals surface area contributed by atoms with Gasteiger partial charge in [0.2, 0.25) is 10.0 Å². The third-order valence-corrected chi connectivity index (χ3v) is 8.26. The number of sulfone groups is 1. The fourth-order valence-electron chi connectivity index (χ4n) is 2.94. The van der Waals surface area contributed by atoms with E-state index in [1.54, 1.807) is 0 Å². The molecule has 1 N–H and O–H groups in total. The lowest BCUT2D eigenvalue weighted by Crippen LogP contribution is -2.42. The van der Waals surface area contributed by atoms with Gasteiger partial charge in [0.05, 0.1) is 16.8 Å². The molecule has 2 fully saturated rings. The Morgan fingerprint density at radius 1 is 1.10 bits per heavy atom. The molecule has 118 valence electrons. The fourth-order valence-corrected chi connectivity index (χ4v) is 6.70. The van der Waals surface area contributed by atoms with Crippen LogP contribution in [-0.4, -0.2) is 45.5 Å². The summed E-state index contributed by atoms with van der Waals surface area (Å²) in [4.78, 5) is 0. The summed E-state index contributed by atoms with van der Waals surface area (Å²) in [6.07, 6.45) is 4.32. The van der Waals surface area contributed by atoms with Crippen molar-refractivity contribution in [2.45, 2.75) is 49.2 Å². The van der Waals surface area contributed by atoms with Crippen LogP contribution in [0, 0.1) is 5.92 Å². The van der Waals surface area contributed by atoms with Crippen LogP contribution in [0.5, 0.6) is 0 Å².